The second-order valence-corrected chi connectivity index (χ2v) is 9.85. The van der Waals surface area contributed by atoms with Crippen LogP contribution in [0.1, 0.15) is 69.3 Å². The highest BCUT2D eigenvalue weighted by atomic mass is 16.2. The number of imidazole rings is 1. The van der Waals surface area contributed by atoms with Crippen LogP contribution in [-0.4, -0.2) is 32.3 Å². The van der Waals surface area contributed by atoms with Crippen molar-refractivity contribution in [3.05, 3.63) is 66.0 Å². The summed E-state index contributed by atoms with van der Waals surface area (Å²) in [5.41, 5.74) is 2.94. The first kappa shape index (κ1) is 22.6. The molecule has 0 bridgehead atoms. The van der Waals surface area contributed by atoms with Gasteiger partial charge >= 0.3 is 0 Å². The van der Waals surface area contributed by atoms with Crippen molar-refractivity contribution in [1.82, 2.24) is 19.8 Å². The van der Waals surface area contributed by atoms with Gasteiger partial charge in [0, 0.05) is 18.5 Å². The van der Waals surface area contributed by atoms with Crippen molar-refractivity contribution in [2.45, 2.75) is 77.0 Å². The summed E-state index contributed by atoms with van der Waals surface area (Å²) >= 11 is 0. The summed E-state index contributed by atoms with van der Waals surface area (Å²) in [5, 5.41) is 3.12. The largest absolute Gasteiger partial charge is 0.346 e. The van der Waals surface area contributed by atoms with E-state index in [-0.39, 0.29) is 36.4 Å². The van der Waals surface area contributed by atoms with Gasteiger partial charge in [-0.2, -0.15) is 0 Å². The van der Waals surface area contributed by atoms with Crippen LogP contribution in [0.5, 0.6) is 0 Å². The van der Waals surface area contributed by atoms with Gasteiger partial charge < -0.3 is 14.8 Å². The molecule has 0 radical (unpaired) electrons. The van der Waals surface area contributed by atoms with Crippen molar-refractivity contribution >= 4 is 22.8 Å². The van der Waals surface area contributed by atoms with Crippen molar-refractivity contribution in [3.8, 4) is 0 Å². The second kappa shape index (κ2) is 10.00. The number of rotatable bonds is 8. The topological polar surface area (TPSA) is 67.2 Å². The lowest BCUT2D eigenvalue weighted by molar-refractivity contribution is -0.135. The van der Waals surface area contributed by atoms with E-state index in [9.17, 15) is 9.59 Å². The molecule has 6 heteroatoms. The molecular weight excluding hydrogens is 424 g/mol. The van der Waals surface area contributed by atoms with Gasteiger partial charge in [0.15, 0.2) is 0 Å². The minimum atomic E-state index is -0.259. The molecular formula is C28H34N4O2. The van der Waals surface area contributed by atoms with Crippen LogP contribution >= 0.6 is 0 Å². The fourth-order valence-electron chi connectivity index (χ4n) is 5.15. The highest BCUT2D eigenvalue weighted by Crippen LogP contribution is 2.30. The van der Waals surface area contributed by atoms with Crippen LogP contribution in [0, 0.1) is 5.92 Å². The van der Waals surface area contributed by atoms with E-state index in [1.165, 1.54) is 19.3 Å². The minimum Gasteiger partial charge on any atom is -0.346 e. The van der Waals surface area contributed by atoms with E-state index in [2.05, 4.69) is 22.3 Å². The van der Waals surface area contributed by atoms with E-state index in [0.717, 1.165) is 48.1 Å². The fraction of sp³-hybridized carbons (Fsp3) is 0.464. The summed E-state index contributed by atoms with van der Waals surface area (Å²) in [7, 11) is 0. The molecule has 2 amide bonds. The van der Waals surface area contributed by atoms with Gasteiger partial charge in [-0.05, 0) is 50.3 Å². The summed E-state index contributed by atoms with van der Waals surface area (Å²) < 4.78 is 2.01. The Labute approximate surface area is 201 Å². The number of benzene rings is 2. The number of amides is 2. The SMILES string of the molecule is CC(NC(=O)C1CC1)c1nc2ccccc2n1CC(=O)N(Cc1ccccc1)C1CCCCC1. The first-order valence-electron chi connectivity index (χ1n) is 12.7. The number of fused-ring (bicyclic) bond motifs is 1. The third-order valence-corrected chi connectivity index (χ3v) is 7.20. The zero-order chi connectivity index (χ0) is 23.5. The molecule has 1 aromatic heterocycles. The van der Waals surface area contributed by atoms with Gasteiger partial charge in [-0.3, -0.25) is 9.59 Å². The second-order valence-electron chi connectivity index (χ2n) is 9.85. The Bertz CT molecular complexity index is 1150. The van der Waals surface area contributed by atoms with Crippen LogP contribution in [0.15, 0.2) is 54.6 Å². The van der Waals surface area contributed by atoms with Gasteiger partial charge in [0.2, 0.25) is 11.8 Å². The summed E-state index contributed by atoms with van der Waals surface area (Å²) in [6, 6.07) is 18.2. The molecule has 34 heavy (non-hydrogen) atoms. The molecule has 0 aliphatic heterocycles. The first-order valence-corrected chi connectivity index (χ1v) is 12.7. The average Bonchev–Trinajstić information content (AvgIpc) is 3.66. The highest BCUT2D eigenvalue weighted by molar-refractivity contribution is 5.83. The summed E-state index contributed by atoms with van der Waals surface area (Å²) in [4.78, 5) is 33.2. The van der Waals surface area contributed by atoms with Crippen LogP contribution in [-0.2, 0) is 22.7 Å². The van der Waals surface area contributed by atoms with Crippen molar-refractivity contribution in [1.29, 1.82) is 0 Å². The standard InChI is InChI=1S/C28H34N4O2/c1-20(29-28(34)22-16-17-22)27-30-24-14-8-9-15-25(24)32(27)19-26(33)31(23-12-6-3-7-13-23)18-21-10-4-2-5-11-21/h2,4-5,8-11,14-15,20,22-23H,3,6-7,12-13,16-19H2,1H3,(H,29,34). The lowest BCUT2D eigenvalue weighted by Crippen LogP contribution is -2.43. The summed E-state index contributed by atoms with van der Waals surface area (Å²) in [6.07, 6.45) is 7.64. The van der Waals surface area contributed by atoms with Gasteiger partial charge in [-0.15, -0.1) is 0 Å². The zero-order valence-electron chi connectivity index (χ0n) is 20.0. The molecule has 6 nitrogen and oxygen atoms in total. The van der Waals surface area contributed by atoms with Gasteiger partial charge in [-0.25, -0.2) is 4.98 Å². The molecule has 2 aromatic carbocycles. The lowest BCUT2D eigenvalue weighted by atomic mass is 9.93. The quantitative estimate of drug-likeness (QED) is 0.517. The van der Waals surface area contributed by atoms with E-state index in [1.54, 1.807) is 0 Å². The van der Waals surface area contributed by atoms with Crippen LogP contribution in [0.2, 0.25) is 0 Å². The minimum absolute atomic E-state index is 0.0883. The Kier molecular flexibility index (Phi) is 6.66. The van der Waals surface area contributed by atoms with E-state index in [1.807, 2.05) is 54.0 Å². The van der Waals surface area contributed by atoms with Crippen LogP contribution in [0.25, 0.3) is 11.0 Å². The van der Waals surface area contributed by atoms with Crippen molar-refractivity contribution in [2.75, 3.05) is 0 Å². The van der Waals surface area contributed by atoms with E-state index >= 15 is 0 Å². The van der Waals surface area contributed by atoms with Gasteiger partial charge in [0.1, 0.15) is 12.4 Å². The predicted molar refractivity (Wildman–Crippen MR) is 133 cm³/mol. The molecule has 0 spiro atoms. The molecule has 5 rings (SSSR count). The normalized spacial score (nSPS) is 17.4. The van der Waals surface area contributed by atoms with Gasteiger partial charge in [0.05, 0.1) is 17.1 Å². The third-order valence-electron chi connectivity index (χ3n) is 7.20. The molecule has 3 aromatic rings. The van der Waals surface area contributed by atoms with Crippen molar-refractivity contribution in [2.24, 2.45) is 5.92 Å². The number of hydrogen-bond donors (Lipinski definition) is 1. The van der Waals surface area contributed by atoms with E-state index in [4.69, 9.17) is 4.98 Å². The van der Waals surface area contributed by atoms with Crippen LogP contribution in [0.3, 0.4) is 0 Å². The number of carbonyl (C=O) groups excluding carboxylic acids is 2. The maximum absolute atomic E-state index is 13.9. The smallest absolute Gasteiger partial charge is 0.243 e. The Morgan fingerprint density at radius 1 is 1.00 bits per heavy atom. The van der Waals surface area contributed by atoms with Crippen LogP contribution < -0.4 is 5.32 Å². The molecule has 0 saturated heterocycles. The maximum atomic E-state index is 13.9. The molecule has 2 aliphatic carbocycles. The fourth-order valence-corrected chi connectivity index (χ4v) is 5.15. The van der Waals surface area contributed by atoms with Crippen molar-refractivity contribution < 1.29 is 9.59 Å². The first-order chi connectivity index (χ1) is 16.6. The number of nitrogens with one attached hydrogen (secondary N) is 1. The molecule has 178 valence electrons. The Morgan fingerprint density at radius 2 is 1.71 bits per heavy atom. The molecule has 2 aliphatic rings. The monoisotopic (exact) mass is 458 g/mol. The summed E-state index contributed by atoms with van der Waals surface area (Å²) in [6.45, 7) is 2.81. The summed E-state index contributed by atoms with van der Waals surface area (Å²) in [5.74, 6) is 1.08. The van der Waals surface area contributed by atoms with Crippen molar-refractivity contribution in [3.63, 3.8) is 0 Å². The molecule has 1 atom stereocenters. The van der Waals surface area contributed by atoms with E-state index < -0.39 is 0 Å². The Hall–Kier alpha value is -3.15. The molecule has 1 heterocycles. The lowest BCUT2D eigenvalue weighted by Gasteiger charge is -2.35. The average molecular weight is 459 g/mol. The highest BCUT2D eigenvalue weighted by Gasteiger charge is 2.32. The Balaban J connectivity index is 1.43. The number of carbonyl (C=O) groups is 2. The number of nitrogens with zero attached hydrogens (tertiary/aromatic N) is 3. The van der Waals surface area contributed by atoms with E-state index in [0.29, 0.717) is 6.54 Å². The van der Waals surface area contributed by atoms with Gasteiger partial charge in [0.25, 0.3) is 0 Å². The number of hydrogen-bond acceptors (Lipinski definition) is 3. The zero-order valence-corrected chi connectivity index (χ0v) is 20.0. The predicted octanol–water partition coefficient (Wildman–Crippen LogP) is 4.99. The number of aromatic nitrogens is 2. The molecule has 2 saturated carbocycles. The Morgan fingerprint density at radius 3 is 2.44 bits per heavy atom. The molecule has 2 fully saturated rings. The molecule has 1 unspecified atom stereocenters. The molecule has 1 N–H and O–H groups in total. The maximum Gasteiger partial charge on any atom is 0.243 e. The number of para-hydroxylation sites is 2. The third kappa shape index (κ3) is 5.01. The van der Waals surface area contributed by atoms with Gasteiger partial charge in [-0.1, -0.05) is 61.7 Å². The van der Waals surface area contributed by atoms with Crippen LogP contribution in [0.4, 0.5) is 0 Å².